The molecule has 2 atom stereocenters. The summed E-state index contributed by atoms with van der Waals surface area (Å²) in [4.78, 5) is 16.2. The molecule has 1 aromatic carbocycles. The van der Waals surface area contributed by atoms with Crippen molar-refractivity contribution in [1.82, 2.24) is 10.3 Å². The van der Waals surface area contributed by atoms with Gasteiger partial charge < -0.3 is 24.9 Å². The number of halogens is 1. The highest BCUT2D eigenvalue weighted by atomic mass is 19.1. The van der Waals surface area contributed by atoms with Crippen molar-refractivity contribution >= 4 is 11.7 Å². The minimum Gasteiger partial charge on any atom is -0.467 e. The standard InChI is InChI=1S/C20H20FN3O4/c1-13(11-17(25)18-3-2-10-27-18)23-20(26)24-15-6-9-19(22-12-15)28-16-7-4-14(21)5-8-16/h2-10,12-13,17,25H,11H2,1H3,(H2,23,24,26). The number of urea groups is 1. The summed E-state index contributed by atoms with van der Waals surface area (Å²) in [7, 11) is 0. The smallest absolute Gasteiger partial charge is 0.319 e. The average molecular weight is 385 g/mol. The average Bonchev–Trinajstić information content (AvgIpc) is 3.20. The first-order valence-electron chi connectivity index (χ1n) is 8.68. The number of carbonyl (C=O) groups is 1. The zero-order valence-electron chi connectivity index (χ0n) is 15.1. The van der Waals surface area contributed by atoms with Gasteiger partial charge in [-0.05, 0) is 49.4 Å². The molecule has 146 valence electrons. The minimum absolute atomic E-state index is 0.283. The number of hydrogen-bond acceptors (Lipinski definition) is 5. The van der Waals surface area contributed by atoms with Crippen molar-refractivity contribution in [3.8, 4) is 11.6 Å². The van der Waals surface area contributed by atoms with Gasteiger partial charge in [-0.25, -0.2) is 14.2 Å². The molecule has 3 aromatic rings. The van der Waals surface area contributed by atoms with Crippen molar-refractivity contribution in [3.63, 3.8) is 0 Å². The summed E-state index contributed by atoms with van der Waals surface area (Å²) in [5, 5.41) is 15.4. The summed E-state index contributed by atoms with van der Waals surface area (Å²) in [6.07, 6.45) is 2.44. The van der Waals surface area contributed by atoms with Crippen LogP contribution in [0.5, 0.6) is 11.6 Å². The molecule has 8 heteroatoms. The monoisotopic (exact) mass is 385 g/mol. The van der Waals surface area contributed by atoms with Crippen molar-refractivity contribution in [2.24, 2.45) is 0 Å². The molecule has 0 fully saturated rings. The van der Waals surface area contributed by atoms with Crippen LogP contribution < -0.4 is 15.4 Å². The number of ether oxygens (including phenoxy) is 1. The van der Waals surface area contributed by atoms with Crippen molar-refractivity contribution in [3.05, 3.63) is 72.6 Å². The Labute approximate surface area is 161 Å². The van der Waals surface area contributed by atoms with Gasteiger partial charge in [0, 0.05) is 18.5 Å². The summed E-state index contributed by atoms with van der Waals surface area (Å²) in [5.41, 5.74) is 0.475. The molecule has 0 bridgehead atoms. The van der Waals surface area contributed by atoms with E-state index < -0.39 is 12.1 Å². The number of pyridine rings is 1. The second-order valence-electron chi connectivity index (χ2n) is 6.21. The molecule has 2 aromatic heterocycles. The van der Waals surface area contributed by atoms with E-state index in [-0.39, 0.29) is 11.9 Å². The quantitative estimate of drug-likeness (QED) is 0.565. The van der Waals surface area contributed by atoms with E-state index >= 15 is 0 Å². The SMILES string of the molecule is CC(CC(O)c1ccco1)NC(=O)Nc1ccc(Oc2ccc(F)cc2)nc1. The fourth-order valence-electron chi connectivity index (χ4n) is 2.52. The second kappa shape index (κ2) is 9.01. The fourth-order valence-corrected chi connectivity index (χ4v) is 2.52. The molecule has 0 saturated heterocycles. The first kappa shape index (κ1) is 19.4. The van der Waals surface area contributed by atoms with E-state index in [0.717, 1.165) is 0 Å². The molecule has 3 rings (SSSR count). The summed E-state index contributed by atoms with van der Waals surface area (Å²) in [6.45, 7) is 1.78. The van der Waals surface area contributed by atoms with Crippen LogP contribution in [-0.4, -0.2) is 22.2 Å². The van der Waals surface area contributed by atoms with Gasteiger partial charge in [-0.15, -0.1) is 0 Å². The van der Waals surface area contributed by atoms with Gasteiger partial charge in [0.2, 0.25) is 5.88 Å². The van der Waals surface area contributed by atoms with Gasteiger partial charge in [-0.3, -0.25) is 0 Å². The Morgan fingerprint density at radius 2 is 2.04 bits per heavy atom. The number of anilines is 1. The molecule has 2 unspecified atom stereocenters. The number of carbonyl (C=O) groups excluding carboxylic acids is 1. The Hall–Kier alpha value is -3.39. The number of nitrogens with one attached hydrogen (secondary N) is 2. The molecule has 2 amide bonds. The van der Waals surface area contributed by atoms with E-state index in [2.05, 4.69) is 15.6 Å². The van der Waals surface area contributed by atoms with Crippen LogP contribution in [0.2, 0.25) is 0 Å². The van der Waals surface area contributed by atoms with Gasteiger partial charge >= 0.3 is 6.03 Å². The molecule has 7 nitrogen and oxygen atoms in total. The predicted molar refractivity (Wildman–Crippen MR) is 101 cm³/mol. The number of aliphatic hydroxyl groups is 1. The number of benzene rings is 1. The van der Waals surface area contributed by atoms with Gasteiger partial charge in [0.1, 0.15) is 23.4 Å². The molecule has 0 aliphatic carbocycles. The van der Waals surface area contributed by atoms with E-state index in [4.69, 9.17) is 9.15 Å². The molecule has 0 aliphatic rings. The normalized spacial score (nSPS) is 12.8. The van der Waals surface area contributed by atoms with Crippen LogP contribution >= 0.6 is 0 Å². The molecule has 3 N–H and O–H groups in total. The van der Waals surface area contributed by atoms with Crippen LogP contribution in [-0.2, 0) is 0 Å². The van der Waals surface area contributed by atoms with E-state index in [0.29, 0.717) is 29.5 Å². The van der Waals surface area contributed by atoms with Crippen LogP contribution in [0.15, 0.2) is 65.4 Å². The summed E-state index contributed by atoms with van der Waals surface area (Å²) in [5.74, 6) is 0.871. The molecule has 28 heavy (non-hydrogen) atoms. The lowest BCUT2D eigenvalue weighted by Gasteiger charge is -2.17. The van der Waals surface area contributed by atoms with Gasteiger partial charge in [0.15, 0.2) is 0 Å². The number of furan rings is 1. The maximum Gasteiger partial charge on any atom is 0.319 e. The number of amides is 2. The molecule has 0 radical (unpaired) electrons. The third-order valence-electron chi connectivity index (χ3n) is 3.86. The number of hydrogen-bond donors (Lipinski definition) is 3. The van der Waals surface area contributed by atoms with Crippen LogP contribution in [0, 0.1) is 5.82 Å². The van der Waals surface area contributed by atoms with Gasteiger partial charge in [0.05, 0.1) is 18.1 Å². The lowest BCUT2D eigenvalue weighted by Crippen LogP contribution is -2.37. The maximum absolute atomic E-state index is 12.9. The zero-order chi connectivity index (χ0) is 19.9. The molecule has 2 heterocycles. The highest BCUT2D eigenvalue weighted by Gasteiger charge is 2.16. The van der Waals surface area contributed by atoms with Gasteiger partial charge in [0.25, 0.3) is 0 Å². The van der Waals surface area contributed by atoms with E-state index in [1.165, 1.54) is 36.7 Å². The minimum atomic E-state index is -0.796. The summed E-state index contributed by atoms with van der Waals surface area (Å²) < 4.78 is 23.5. The highest BCUT2D eigenvalue weighted by molar-refractivity contribution is 5.89. The third-order valence-corrected chi connectivity index (χ3v) is 3.86. The molecule has 0 spiro atoms. The van der Waals surface area contributed by atoms with E-state index in [1.54, 1.807) is 31.2 Å². The van der Waals surface area contributed by atoms with Crippen molar-refractivity contribution in [1.29, 1.82) is 0 Å². The van der Waals surface area contributed by atoms with Crippen molar-refractivity contribution < 1.29 is 23.4 Å². The molecular weight excluding hydrogens is 365 g/mol. The Morgan fingerprint density at radius 1 is 1.25 bits per heavy atom. The van der Waals surface area contributed by atoms with Crippen molar-refractivity contribution in [2.45, 2.75) is 25.5 Å². The molecule has 0 saturated carbocycles. The van der Waals surface area contributed by atoms with Gasteiger partial charge in [-0.1, -0.05) is 0 Å². The lowest BCUT2D eigenvalue weighted by atomic mass is 10.1. The Bertz CT molecular complexity index is 883. The van der Waals surface area contributed by atoms with Crippen LogP contribution in [0.4, 0.5) is 14.9 Å². The van der Waals surface area contributed by atoms with Crippen LogP contribution in [0.25, 0.3) is 0 Å². The van der Waals surface area contributed by atoms with E-state index in [9.17, 15) is 14.3 Å². The number of nitrogens with zero attached hydrogens (tertiary/aromatic N) is 1. The third kappa shape index (κ3) is 5.55. The highest BCUT2D eigenvalue weighted by Crippen LogP contribution is 2.21. The van der Waals surface area contributed by atoms with Crippen LogP contribution in [0.3, 0.4) is 0 Å². The number of rotatable bonds is 7. The number of aromatic nitrogens is 1. The molecular formula is C20H20FN3O4. The fraction of sp³-hybridized carbons (Fsp3) is 0.200. The van der Waals surface area contributed by atoms with Crippen molar-refractivity contribution in [2.75, 3.05) is 5.32 Å². The van der Waals surface area contributed by atoms with E-state index in [1.807, 2.05) is 0 Å². The maximum atomic E-state index is 12.9. The second-order valence-corrected chi connectivity index (χ2v) is 6.21. The largest absolute Gasteiger partial charge is 0.467 e. The predicted octanol–water partition coefficient (Wildman–Crippen LogP) is 4.24. The molecule has 0 aliphatic heterocycles. The number of aliphatic hydroxyl groups excluding tert-OH is 1. The first-order chi connectivity index (χ1) is 13.5. The Morgan fingerprint density at radius 3 is 2.68 bits per heavy atom. The Balaban J connectivity index is 1.47. The van der Waals surface area contributed by atoms with Gasteiger partial charge in [-0.2, -0.15) is 0 Å². The topological polar surface area (TPSA) is 96.6 Å². The zero-order valence-corrected chi connectivity index (χ0v) is 15.1. The van der Waals surface area contributed by atoms with Crippen LogP contribution in [0.1, 0.15) is 25.2 Å². The summed E-state index contributed by atoms with van der Waals surface area (Å²) in [6, 6.07) is 11.5. The first-order valence-corrected chi connectivity index (χ1v) is 8.68. The summed E-state index contributed by atoms with van der Waals surface area (Å²) >= 11 is 0. The Kier molecular flexibility index (Phi) is 6.23. The lowest BCUT2D eigenvalue weighted by molar-refractivity contribution is 0.130.